The lowest BCUT2D eigenvalue weighted by Crippen LogP contribution is -2.38. The van der Waals surface area contributed by atoms with Crippen molar-refractivity contribution in [1.29, 1.82) is 0 Å². The smallest absolute Gasteiger partial charge is 0.407 e. The van der Waals surface area contributed by atoms with Crippen molar-refractivity contribution in [1.82, 2.24) is 20.2 Å². The van der Waals surface area contributed by atoms with Gasteiger partial charge in [-0.05, 0) is 65.0 Å². The third-order valence-electron chi connectivity index (χ3n) is 5.62. The van der Waals surface area contributed by atoms with Crippen molar-refractivity contribution in [2.75, 3.05) is 32.1 Å². The number of ether oxygens (including phenoxy) is 1. The average molecular weight is 514 g/mol. The lowest BCUT2D eigenvalue weighted by Gasteiger charge is -2.29. The molecule has 2 heterocycles. The Hall–Kier alpha value is -3.40. The maximum Gasteiger partial charge on any atom is 0.407 e. The van der Waals surface area contributed by atoms with Gasteiger partial charge in [0, 0.05) is 49.0 Å². The summed E-state index contributed by atoms with van der Waals surface area (Å²) >= 11 is 3.55. The quantitative estimate of drug-likeness (QED) is 0.450. The molecular formula is C23H24BrN5O4. The molecule has 1 aliphatic rings. The van der Waals surface area contributed by atoms with E-state index in [1.807, 2.05) is 12.1 Å². The zero-order valence-electron chi connectivity index (χ0n) is 18.0. The molecule has 9 nitrogen and oxygen atoms in total. The molecule has 4 rings (SSSR count). The summed E-state index contributed by atoms with van der Waals surface area (Å²) in [5, 5.41) is 15.7. The molecule has 1 aliphatic heterocycles. The summed E-state index contributed by atoms with van der Waals surface area (Å²) in [6, 6.07) is 10.8. The van der Waals surface area contributed by atoms with Crippen molar-refractivity contribution >= 4 is 50.5 Å². The van der Waals surface area contributed by atoms with Gasteiger partial charge in [-0.3, -0.25) is 4.79 Å². The third kappa shape index (κ3) is 5.51. The maximum absolute atomic E-state index is 11.7. The van der Waals surface area contributed by atoms with E-state index >= 15 is 0 Å². The molecule has 0 atom stereocenters. The zero-order chi connectivity index (χ0) is 23.4. The van der Waals surface area contributed by atoms with Gasteiger partial charge in [0.15, 0.2) is 0 Å². The second-order valence-electron chi connectivity index (χ2n) is 7.84. The monoisotopic (exact) mass is 513 g/mol. The lowest BCUT2D eigenvalue weighted by molar-refractivity contribution is 0.0963. The number of anilines is 2. The first-order chi connectivity index (χ1) is 15.9. The summed E-state index contributed by atoms with van der Waals surface area (Å²) in [5.41, 5.74) is 2.07. The van der Waals surface area contributed by atoms with Crippen molar-refractivity contribution in [3.63, 3.8) is 0 Å². The number of likely N-dealkylation sites (tertiary alicyclic amines) is 1. The van der Waals surface area contributed by atoms with Crippen LogP contribution in [-0.4, -0.2) is 58.7 Å². The molecule has 2 amide bonds. The number of halogens is 1. The molecule has 0 aliphatic carbocycles. The summed E-state index contributed by atoms with van der Waals surface area (Å²) in [7, 11) is 1.59. The van der Waals surface area contributed by atoms with Crippen LogP contribution in [0.2, 0.25) is 0 Å². The number of amides is 2. The number of carbonyl (C=O) groups excluding carboxylic acids is 1. The molecule has 0 bridgehead atoms. The number of benzene rings is 2. The van der Waals surface area contributed by atoms with E-state index < -0.39 is 6.09 Å². The summed E-state index contributed by atoms with van der Waals surface area (Å²) in [6.07, 6.45) is 2.44. The maximum atomic E-state index is 11.7. The number of hydrogen-bond donors (Lipinski definition) is 3. The van der Waals surface area contributed by atoms with Crippen molar-refractivity contribution in [3.05, 3.63) is 52.6 Å². The fourth-order valence-electron chi connectivity index (χ4n) is 3.68. The van der Waals surface area contributed by atoms with Crippen LogP contribution in [0.4, 0.5) is 16.4 Å². The fraction of sp³-hybridized carbons (Fsp3) is 0.304. The normalized spacial score (nSPS) is 14.2. The molecule has 0 saturated carbocycles. The van der Waals surface area contributed by atoms with Gasteiger partial charge in [0.05, 0.1) is 16.6 Å². The van der Waals surface area contributed by atoms with Gasteiger partial charge in [-0.2, -0.15) is 0 Å². The first kappa shape index (κ1) is 22.8. The Balaban J connectivity index is 1.43. The number of hydrogen-bond acceptors (Lipinski definition) is 6. The molecule has 0 unspecified atom stereocenters. The van der Waals surface area contributed by atoms with Crippen LogP contribution in [0.5, 0.6) is 5.75 Å². The van der Waals surface area contributed by atoms with E-state index in [2.05, 4.69) is 36.5 Å². The van der Waals surface area contributed by atoms with Gasteiger partial charge >= 0.3 is 6.09 Å². The highest BCUT2D eigenvalue weighted by atomic mass is 79.9. The molecule has 2 aromatic carbocycles. The van der Waals surface area contributed by atoms with Crippen LogP contribution in [-0.2, 0) is 0 Å². The predicted molar refractivity (Wildman–Crippen MR) is 128 cm³/mol. The topological polar surface area (TPSA) is 117 Å². The van der Waals surface area contributed by atoms with E-state index in [0.29, 0.717) is 42.9 Å². The van der Waals surface area contributed by atoms with Crippen LogP contribution >= 0.6 is 15.9 Å². The Kier molecular flexibility index (Phi) is 6.93. The third-order valence-corrected chi connectivity index (χ3v) is 6.24. The largest absolute Gasteiger partial charge is 0.492 e. The minimum Gasteiger partial charge on any atom is -0.492 e. The zero-order valence-corrected chi connectivity index (χ0v) is 19.6. The number of rotatable bonds is 6. The van der Waals surface area contributed by atoms with Crippen molar-refractivity contribution in [3.8, 4) is 5.75 Å². The first-order valence-corrected chi connectivity index (χ1v) is 11.4. The van der Waals surface area contributed by atoms with E-state index in [4.69, 9.17) is 9.84 Å². The number of carboxylic acid groups (broad SMARTS) is 1. The second-order valence-corrected chi connectivity index (χ2v) is 8.69. The second kappa shape index (κ2) is 10.0. The Morgan fingerprint density at radius 2 is 1.94 bits per heavy atom. The highest BCUT2D eigenvalue weighted by molar-refractivity contribution is 9.10. The average Bonchev–Trinajstić information content (AvgIpc) is 2.83. The van der Waals surface area contributed by atoms with Crippen LogP contribution in [0.1, 0.15) is 23.2 Å². The van der Waals surface area contributed by atoms with E-state index in [-0.39, 0.29) is 5.91 Å². The molecule has 10 heteroatoms. The van der Waals surface area contributed by atoms with Crippen molar-refractivity contribution in [2.45, 2.75) is 12.8 Å². The van der Waals surface area contributed by atoms with Crippen molar-refractivity contribution in [2.24, 2.45) is 5.92 Å². The van der Waals surface area contributed by atoms with E-state index in [0.717, 1.165) is 33.9 Å². The van der Waals surface area contributed by atoms with E-state index in [1.54, 1.807) is 37.5 Å². The molecule has 33 heavy (non-hydrogen) atoms. The highest BCUT2D eigenvalue weighted by Crippen LogP contribution is 2.31. The van der Waals surface area contributed by atoms with E-state index in [9.17, 15) is 9.59 Å². The number of piperidine rings is 1. The number of nitrogens with one attached hydrogen (secondary N) is 2. The molecule has 0 radical (unpaired) electrons. The Morgan fingerprint density at radius 3 is 2.61 bits per heavy atom. The van der Waals surface area contributed by atoms with Gasteiger partial charge < -0.3 is 25.4 Å². The molecule has 1 fully saturated rings. The molecular weight excluding hydrogens is 490 g/mol. The van der Waals surface area contributed by atoms with Gasteiger partial charge in [-0.15, -0.1) is 0 Å². The van der Waals surface area contributed by atoms with Crippen molar-refractivity contribution < 1.29 is 19.4 Å². The number of fused-ring (bicyclic) bond motifs is 1. The number of carbonyl (C=O) groups is 2. The number of nitrogens with zero attached hydrogens (tertiary/aromatic N) is 3. The number of aromatic nitrogens is 2. The Bertz CT molecular complexity index is 1160. The summed E-state index contributed by atoms with van der Waals surface area (Å²) in [4.78, 5) is 33.2. The van der Waals surface area contributed by atoms with Crippen LogP contribution < -0.4 is 15.4 Å². The molecule has 1 saturated heterocycles. The highest BCUT2D eigenvalue weighted by Gasteiger charge is 2.23. The Morgan fingerprint density at radius 1 is 1.21 bits per heavy atom. The minimum absolute atomic E-state index is 0.144. The molecule has 172 valence electrons. The van der Waals surface area contributed by atoms with Gasteiger partial charge in [0.2, 0.25) is 5.95 Å². The van der Waals surface area contributed by atoms with Gasteiger partial charge in [0.1, 0.15) is 5.75 Å². The fourth-order valence-corrected chi connectivity index (χ4v) is 4.16. The molecule has 1 aromatic heterocycles. The minimum atomic E-state index is -0.863. The van der Waals surface area contributed by atoms with Gasteiger partial charge in [0.25, 0.3) is 5.91 Å². The van der Waals surface area contributed by atoms with E-state index in [1.165, 1.54) is 4.90 Å². The molecule has 3 aromatic rings. The van der Waals surface area contributed by atoms with Crippen LogP contribution in [0.3, 0.4) is 0 Å². The van der Waals surface area contributed by atoms with Gasteiger partial charge in [-0.1, -0.05) is 0 Å². The van der Waals surface area contributed by atoms with Gasteiger partial charge in [-0.25, -0.2) is 14.8 Å². The predicted octanol–water partition coefficient (Wildman–Crippen LogP) is 4.26. The lowest BCUT2D eigenvalue weighted by atomic mass is 9.98. The summed E-state index contributed by atoms with van der Waals surface area (Å²) in [6.45, 7) is 1.59. The summed E-state index contributed by atoms with van der Waals surface area (Å²) in [5.74, 6) is 1.28. The van der Waals surface area contributed by atoms with Crippen LogP contribution in [0, 0.1) is 5.92 Å². The molecule has 3 N–H and O–H groups in total. The van der Waals surface area contributed by atoms with Crippen LogP contribution in [0.15, 0.2) is 47.1 Å². The SMILES string of the molecule is CNC(=O)c1ccc(Nc2ncc3cc(Br)c(OCC4CCN(C(=O)O)CC4)cc3n2)cc1. The van der Waals surface area contributed by atoms with Crippen LogP contribution in [0.25, 0.3) is 10.9 Å². The standard InChI is InChI=1S/C23H24BrN5O4/c1-25-21(30)15-2-4-17(5-3-15)27-22-26-12-16-10-18(24)20(11-19(16)28-22)33-13-14-6-8-29(9-7-14)23(31)32/h2-5,10-12,14H,6-9,13H2,1H3,(H,25,30)(H,31,32)(H,26,27,28). The Labute approximate surface area is 199 Å². The first-order valence-electron chi connectivity index (χ1n) is 10.6. The molecule has 0 spiro atoms. The summed E-state index contributed by atoms with van der Waals surface area (Å²) < 4.78 is 6.87.